The number of imidazole rings is 1. The molecule has 2 amide bonds. The Morgan fingerprint density at radius 3 is 2.77 bits per heavy atom. The number of aryl methyl sites for hydroxylation is 1. The van der Waals surface area contributed by atoms with E-state index in [1.807, 2.05) is 42.5 Å². The molecule has 0 aliphatic carbocycles. The first-order valence-corrected chi connectivity index (χ1v) is 11.1. The van der Waals surface area contributed by atoms with E-state index in [0.29, 0.717) is 23.6 Å². The minimum atomic E-state index is -0.518. The summed E-state index contributed by atoms with van der Waals surface area (Å²) in [5, 5.41) is 15.4. The standard InChI is InChI=1S/C27H23N5O3/c1-32-11-10-28-25(32)27(35)30-20-6-2-4-17(13-20)12-18-8-9-24-22(14-18)23(26(34)31-24)16-29-19-5-3-7-21(33)15-19/h2-11,13-16,23,33H,12H2,1H3,(H,30,35)(H,31,34). The summed E-state index contributed by atoms with van der Waals surface area (Å²) < 4.78 is 1.67. The summed E-state index contributed by atoms with van der Waals surface area (Å²) in [6.45, 7) is 0. The number of aromatic hydroxyl groups is 1. The minimum Gasteiger partial charge on any atom is -0.508 e. The zero-order valence-electron chi connectivity index (χ0n) is 19.0. The van der Waals surface area contributed by atoms with Crippen molar-refractivity contribution in [2.45, 2.75) is 12.3 Å². The lowest BCUT2D eigenvalue weighted by atomic mass is 9.96. The number of amides is 2. The van der Waals surface area contributed by atoms with E-state index in [0.717, 1.165) is 22.4 Å². The molecule has 0 radical (unpaired) electrons. The molecule has 0 saturated carbocycles. The van der Waals surface area contributed by atoms with E-state index in [1.165, 1.54) is 0 Å². The second-order valence-electron chi connectivity index (χ2n) is 8.38. The van der Waals surface area contributed by atoms with Crippen LogP contribution in [0.4, 0.5) is 17.1 Å². The quantitative estimate of drug-likeness (QED) is 0.367. The highest BCUT2D eigenvalue weighted by Crippen LogP contribution is 2.33. The summed E-state index contributed by atoms with van der Waals surface area (Å²) in [5.41, 5.74) is 4.93. The first-order valence-electron chi connectivity index (χ1n) is 11.1. The van der Waals surface area contributed by atoms with Gasteiger partial charge in [-0.2, -0.15) is 0 Å². The van der Waals surface area contributed by atoms with Gasteiger partial charge < -0.3 is 20.3 Å². The number of aliphatic imine (C=N–C) groups is 1. The van der Waals surface area contributed by atoms with Crippen molar-refractivity contribution in [2.24, 2.45) is 12.0 Å². The van der Waals surface area contributed by atoms with Crippen LogP contribution in [0.25, 0.3) is 0 Å². The molecule has 3 aromatic carbocycles. The molecule has 0 bridgehead atoms. The molecule has 1 aromatic heterocycles. The zero-order chi connectivity index (χ0) is 24.4. The number of phenolic OH excluding ortho intramolecular Hbond substituents is 1. The van der Waals surface area contributed by atoms with E-state index in [-0.39, 0.29) is 17.6 Å². The Balaban J connectivity index is 1.33. The third-order valence-electron chi connectivity index (χ3n) is 5.81. The van der Waals surface area contributed by atoms with Gasteiger partial charge in [0.25, 0.3) is 5.91 Å². The Bertz CT molecular complexity index is 1460. The van der Waals surface area contributed by atoms with Gasteiger partial charge in [-0.3, -0.25) is 14.6 Å². The van der Waals surface area contributed by atoms with Crippen LogP contribution in [0.5, 0.6) is 5.75 Å². The number of hydrogen-bond acceptors (Lipinski definition) is 5. The summed E-state index contributed by atoms with van der Waals surface area (Å²) in [4.78, 5) is 33.5. The normalized spacial score (nSPS) is 14.7. The smallest absolute Gasteiger partial charge is 0.291 e. The van der Waals surface area contributed by atoms with Crippen molar-refractivity contribution in [3.63, 3.8) is 0 Å². The summed E-state index contributed by atoms with van der Waals surface area (Å²) in [6, 6.07) is 20.1. The van der Waals surface area contributed by atoms with E-state index in [2.05, 4.69) is 20.6 Å². The monoisotopic (exact) mass is 465 g/mol. The van der Waals surface area contributed by atoms with E-state index in [4.69, 9.17) is 0 Å². The van der Waals surface area contributed by atoms with Crippen molar-refractivity contribution in [2.75, 3.05) is 10.6 Å². The van der Waals surface area contributed by atoms with E-state index >= 15 is 0 Å². The number of phenols is 1. The molecule has 2 heterocycles. The molecule has 1 aliphatic heterocycles. The number of fused-ring (bicyclic) bond motifs is 1. The number of nitrogens with zero attached hydrogens (tertiary/aromatic N) is 3. The number of aromatic nitrogens is 2. The van der Waals surface area contributed by atoms with Gasteiger partial charge in [-0.25, -0.2) is 4.98 Å². The molecular formula is C27H23N5O3. The van der Waals surface area contributed by atoms with Crippen LogP contribution in [0.1, 0.15) is 33.2 Å². The predicted molar refractivity (Wildman–Crippen MR) is 134 cm³/mol. The largest absolute Gasteiger partial charge is 0.508 e. The van der Waals surface area contributed by atoms with Gasteiger partial charge >= 0.3 is 0 Å². The number of hydrogen-bond donors (Lipinski definition) is 3. The van der Waals surface area contributed by atoms with Crippen LogP contribution in [-0.2, 0) is 18.3 Å². The molecule has 5 rings (SSSR count). The maximum absolute atomic E-state index is 12.6. The maximum atomic E-state index is 12.6. The number of carbonyl (C=O) groups excluding carboxylic acids is 2. The average molecular weight is 466 g/mol. The average Bonchev–Trinajstić information content (AvgIpc) is 3.40. The highest BCUT2D eigenvalue weighted by molar-refractivity contribution is 6.12. The van der Waals surface area contributed by atoms with Gasteiger partial charge in [0.2, 0.25) is 5.91 Å². The molecule has 1 unspecified atom stereocenters. The van der Waals surface area contributed by atoms with Gasteiger partial charge in [0.1, 0.15) is 11.7 Å². The highest BCUT2D eigenvalue weighted by Gasteiger charge is 2.29. The topological polar surface area (TPSA) is 109 Å². The second-order valence-corrected chi connectivity index (χ2v) is 8.38. The van der Waals surface area contributed by atoms with E-state index in [1.54, 1.807) is 54.5 Å². The molecular weight excluding hydrogens is 442 g/mol. The van der Waals surface area contributed by atoms with E-state index < -0.39 is 5.92 Å². The number of anilines is 2. The number of carbonyl (C=O) groups is 2. The first-order chi connectivity index (χ1) is 17.0. The second kappa shape index (κ2) is 9.26. The van der Waals surface area contributed by atoms with Crippen molar-refractivity contribution < 1.29 is 14.7 Å². The number of benzene rings is 3. The van der Waals surface area contributed by atoms with Gasteiger partial charge in [0.15, 0.2) is 5.82 Å². The fourth-order valence-corrected chi connectivity index (χ4v) is 4.09. The van der Waals surface area contributed by atoms with Gasteiger partial charge in [0, 0.05) is 43.1 Å². The van der Waals surface area contributed by atoms with Gasteiger partial charge in [-0.05, 0) is 53.4 Å². The molecule has 1 atom stereocenters. The maximum Gasteiger partial charge on any atom is 0.291 e. The van der Waals surface area contributed by atoms with E-state index in [9.17, 15) is 14.7 Å². The van der Waals surface area contributed by atoms with Gasteiger partial charge in [-0.1, -0.05) is 30.3 Å². The minimum absolute atomic E-state index is 0.122. The molecule has 8 nitrogen and oxygen atoms in total. The SMILES string of the molecule is Cn1ccnc1C(=O)Nc1cccc(Cc2ccc3c(c2)C(C=Nc2cccc(O)c2)C(=O)N3)c1. The van der Waals surface area contributed by atoms with Crippen LogP contribution in [-0.4, -0.2) is 32.7 Å². The molecule has 8 heteroatoms. The predicted octanol–water partition coefficient (Wildman–Crippen LogP) is 4.41. The van der Waals surface area contributed by atoms with Crippen LogP contribution >= 0.6 is 0 Å². The summed E-state index contributed by atoms with van der Waals surface area (Å²) in [6.07, 6.45) is 5.54. The fourth-order valence-electron chi connectivity index (χ4n) is 4.09. The molecule has 174 valence electrons. The third kappa shape index (κ3) is 4.81. The third-order valence-corrected chi connectivity index (χ3v) is 5.81. The molecule has 4 aromatic rings. The van der Waals surface area contributed by atoms with Crippen molar-refractivity contribution >= 4 is 35.1 Å². The molecule has 1 aliphatic rings. The summed E-state index contributed by atoms with van der Waals surface area (Å²) in [7, 11) is 1.77. The Labute approximate surface area is 202 Å². The Kier molecular flexibility index (Phi) is 5.85. The fraction of sp³-hybridized carbons (Fsp3) is 0.111. The Hall–Kier alpha value is -4.72. The molecule has 35 heavy (non-hydrogen) atoms. The van der Waals surface area contributed by atoms with Crippen LogP contribution in [0.2, 0.25) is 0 Å². The number of rotatable bonds is 6. The lowest BCUT2D eigenvalue weighted by Gasteiger charge is -2.09. The Morgan fingerprint density at radius 2 is 1.97 bits per heavy atom. The van der Waals surface area contributed by atoms with Gasteiger partial charge in [0.05, 0.1) is 5.69 Å². The van der Waals surface area contributed by atoms with Crippen LogP contribution in [0.15, 0.2) is 84.1 Å². The zero-order valence-corrected chi connectivity index (χ0v) is 19.0. The lowest BCUT2D eigenvalue weighted by Crippen LogP contribution is -2.16. The van der Waals surface area contributed by atoms with Gasteiger partial charge in [-0.15, -0.1) is 0 Å². The molecule has 3 N–H and O–H groups in total. The molecule has 0 fully saturated rings. The van der Waals surface area contributed by atoms with Crippen molar-refractivity contribution in [3.05, 3.63) is 102 Å². The summed E-state index contributed by atoms with van der Waals surface area (Å²) >= 11 is 0. The van der Waals surface area contributed by atoms with Crippen LogP contribution in [0, 0.1) is 0 Å². The van der Waals surface area contributed by atoms with Crippen LogP contribution < -0.4 is 10.6 Å². The molecule has 0 spiro atoms. The highest BCUT2D eigenvalue weighted by atomic mass is 16.3. The lowest BCUT2D eigenvalue weighted by molar-refractivity contribution is -0.115. The van der Waals surface area contributed by atoms with Crippen molar-refractivity contribution in [3.8, 4) is 5.75 Å². The summed E-state index contributed by atoms with van der Waals surface area (Å²) in [5.74, 6) is -0.470. The molecule has 0 saturated heterocycles. The van der Waals surface area contributed by atoms with Crippen molar-refractivity contribution in [1.82, 2.24) is 9.55 Å². The van der Waals surface area contributed by atoms with Crippen LogP contribution in [0.3, 0.4) is 0 Å². The first kappa shape index (κ1) is 22.1. The number of nitrogens with one attached hydrogen (secondary N) is 2. The van der Waals surface area contributed by atoms with Crippen molar-refractivity contribution in [1.29, 1.82) is 0 Å². The Morgan fingerprint density at radius 1 is 1.14 bits per heavy atom.